The zero-order valence-corrected chi connectivity index (χ0v) is 23.7. The molecule has 216 valence electrons. The molecule has 1 aromatic carbocycles. The van der Waals surface area contributed by atoms with Gasteiger partial charge in [0.1, 0.15) is 12.0 Å². The minimum atomic E-state index is -3.68. The van der Waals surface area contributed by atoms with Gasteiger partial charge in [0.25, 0.3) is 0 Å². The van der Waals surface area contributed by atoms with Gasteiger partial charge < -0.3 is 20.4 Å². The molecule has 4 heterocycles. The summed E-state index contributed by atoms with van der Waals surface area (Å²) in [5, 5.41) is 9.69. The lowest BCUT2D eigenvalue weighted by molar-refractivity contribution is 0.330. The molecule has 41 heavy (non-hydrogen) atoms. The first-order valence-corrected chi connectivity index (χ1v) is 14.7. The van der Waals surface area contributed by atoms with E-state index in [4.69, 9.17) is 4.42 Å². The summed E-state index contributed by atoms with van der Waals surface area (Å²) in [6, 6.07) is 14.4. The molecule has 0 saturated carbocycles. The minimum Gasteiger partial charge on any atom is -0.440 e. The molecule has 0 fully saturated rings. The number of rotatable bonds is 13. The van der Waals surface area contributed by atoms with Gasteiger partial charge in [-0.1, -0.05) is 30.3 Å². The van der Waals surface area contributed by atoms with Gasteiger partial charge in [-0.2, -0.15) is 12.7 Å². The highest BCUT2D eigenvalue weighted by Crippen LogP contribution is 2.26. The van der Waals surface area contributed by atoms with Crippen LogP contribution in [0.3, 0.4) is 0 Å². The fourth-order valence-electron chi connectivity index (χ4n) is 4.56. The minimum absolute atomic E-state index is 0.167. The van der Waals surface area contributed by atoms with E-state index in [2.05, 4.69) is 30.9 Å². The predicted molar refractivity (Wildman–Crippen MR) is 154 cm³/mol. The average Bonchev–Trinajstić information content (AvgIpc) is 3.57. The number of oxazole rings is 1. The van der Waals surface area contributed by atoms with E-state index < -0.39 is 22.2 Å². The second-order valence-electron chi connectivity index (χ2n) is 9.75. The Morgan fingerprint density at radius 3 is 2.68 bits per heavy atom. The van der Waals surface area contributed by atoms with Crippen LogP contribution in [0.1, 0.15) is 23.6 Å². The Balaban J connectivity index is 1.15. The topological polar surface area (TPSA) is 129 Å². The zero-order valence-electron chi connectivity index (χ0n) is 22.9. The molecule has 3 aromatic heterocycles. The lowest BCUT2D eigenvalue weighted by atomic mass is 10.1. The number of hydrogen-bond acceptors (Lipinski definition) is 9. The molecule has 1 atom stereocenters. The van der Waals surface area contributed by atoms with Crippen LogP contribution in [-0.2, 0) is 29.6 Å². The monoisotopic (exact) mass is 580 g/mol. The first-order valence-electron chi connectivity index (χ1n) is 13.3. The first kappa shape index (κ1) is 28.5. The summed E-state index contributed by atoms with van der Waals surface area (Å²) in [7, 11) is -0.601. The van der Waals surface area contributed by atoms with Gasteiger partial charge in [-0.15, -0.1) is 0 Å². The van der Waals surface area contributed by atoms with Crippen molar-refractivity contribution >= 4 is 27.1 Å². The number of halogens is 1. The predicted octanol–water partition coefficient (Wildman–Crippen LogP) is 3.01. The molecular weight excluding hydrogens is 547 g/mol. The Labute approximate surface area is 238 Å². The Morgan fingerprint density at radius 1 is 1.07 bits per heavy atom. The number of anilines is 1. The van der Waals surface area contributed by atoms with Crippen molar-refractivity contribution in [3.05, 3.63) is 95.8 Å². The molecule has 4 aromatic rings. The number of allylic oxidation sites excluding steroid dienone is 1. The number of benzene rings is 1. The van der Waals surface area contributed by atoms with Crippen LogP contribution in [0.4, 0.5) is 10.2 Å². The Kier molecular flexibility index (Phi) is 8.76. The number of aromatic nitrogens is 3. The van der Waals surface area contributed by atoms with Crippen molar-refractivity contribution < 1.29 is 17.2 Å². The Bertz CT molecular complexity index is 1610. The highest BCUT2D eigenvalue weighted by atomic mass is 32.2. The molecule has 5 rings (SSSR count). The second kappa shape index (κ2) is 12.6. The van der Waals surface area contributed by atoms with E-state index in [9.17, 15) is 12.8 Å². The van der Waals surface area contributed by atoms with Crippen LogP contribution in [0.2, 0.25) is 0 Å². The largest absolute Gasteiger partial charge is 0.440 e. The highest BCUT2D eigenvalue weighted by molar-refractivity contribution is 7.86. The summed E-state index contributed by atoms with van der Waals surface area (Å²) >= 11 is 0. The summed E-state index contributed by atoms with van der Waals surface area (Å²) in [4.78, 5) is 12.9. The molecule has 1 aliphatic heterocycles. The first-order chi connectivity index (χ1) is 19.8. The third-order valence-corrected chi connectivity index (χ3v) is 8.58. The van der Waals surface area contributed by atoms with Crippen molar-refractivity contribution in [1.82, 2.24) is 34.2 Å². The van der Waals surface area contributed by atoms with Crippen molar-refractivity contribution in [3.63, 3.8) is 0 Å². The maximum Gasteiger partial charge on any atom is 0.305 e. The van der Waals surface area contributed by atoms with Gasteiger partial charge >= 0.3 is 10.2 Å². The number of nitrogens with zero attached hydrogens (tertiary/aromatic N) is 5. The molecule has 13 heteroatoms. The molecule has 0 amide bonds. The summed E-state index contributed by atoms with van der Waals surface area (Å²) in [6.07, 6.45) is 6.12. The summed E-state index contributed by atoms with van der Waals surface area (Å²) in [6.45, 7) is 1.33. The lowest BCUT2D eigenvalue weighted by Crippen LogP contribution is -2.47. The van der Waals surface area contributed by atoms with Crippen LogP contribution in [0.5, 0.6) is 0 Å². The lowest BCUT2D eigenvalue weighted by Gasteiger charge is -2.31. The second-order valence-corrected chi connectivity index (χ2v) is 11.8. The average molecular weight is 581 g/mol. The van der Waals surface area contributed by atoms with Crippen LogP contribution in [0.15, 0.2) is 77.2 Å². The van der Waals surface area contributed by atoms with Crippen LogP contribution in [0, 0.1) is 5.82 Å². The van der Waals surface area contributed by atoms with Crippen LogP contribution < -0.4 is 16.0 Å². The van der Waals surface area contributed by atoms with Gasteiger partial charge in [0, 0.05) is 58.1 Å². The molecule has 0 radical (unpaired) electrons. The zero-order chi connectivity index (χ0) is 28.8. The number of pyridine rings is 2. The van der Waals surface area contributed by atoms with Gasteiger partial charge in [-0.3, -0.25) is 4.98 Å². The molecule has 0 aliphatic carbocycles. The Hall–Kier alpha value is -4.07. The fourth-order valence-corrected chi connectivity index (χ4v) is 5.81. The molecule has 1 aliphatic rings. The van der Waals surface area contributed by atoms with Gasteiger partial charge in [0.15, 0.2) is 22.8 Å². The van der Waals surface area contributed by atoms with Gasteiger partial charge in [-0.25, -0.2) is 18.7 Å². The molecule has 0 spiro atoms. The number of fused-ring (bicyclic) bond motifs is 1. The summed E-state index contributed by atoms with van der Waals surface area (Å²) in [5.74, 6) is 0.636. The molecule has 0 saturated heterocycles. The number of nitrogens with one attached hydrogen (secondary N) is 3. The maximum atomic E-state index is 13.9. The smallest absolute Gasteiger partial charge is 0.305 e. The standard InChI is InChI=1S/C28H33FN8O3S/c1-36(2)41(38,39)37-21(17-20-7-4-3-5-8-20)18-33-25(37)11-14-30-15-12-26-35-27-24(40-26)10-16-32-28(27)34-19-23-22(29)9-6-13-31-23/h3-10,13,16,18,25,30,33H,11-12,14-15,17,19H2,1-2H3,(H,32,34). The van der Waals surface area contributed by atoms with Gasteiger partial charge in [0.2, 0.25) is 0 Å². The molecule has 1 unspecified atom stereocenters. The number of hydrogen-bond donors (Lipinski definition) is 3. The van der Waals surface area contributed by atoms with Crippen molar-refractivity contribution in [1.29, 1.82) is 0 Å². The van der Waals surface area contributed by atoms with Crippen LogP contribution in [0.25, 0.3) is 11.1 Å². The van der Waals surface area contributed by atoms with Crippen molar-refractivity contribution in [2.75, 3.05) is 32.5 Å². The van der Waals surface area contributed by atoms with E-state index in [0.717, 1.165) is 5.56 Å². The van der Waals surface area contributed by atoms with Gasteiger partial charge in [0.05, 0.1) is 17.9 Å². The molecule has 11 nitrogen and oxygen atoms in total. The van der Waals surface area contributed by atoms with E-state index in [1.54, 1.807) is 24.5 Å². The fraction of sp³-hybridized carbons (Fsp3) is 0.321. The Morgan fingerprint density at radius 2 is 1.90 bits per heavy atom. The quantitative estimate of drug-likeness (QED) is 0.205. The molecule has 0 bridgehead atoms. The SMILES string of the molecule is CN(C)S(=O)(=O)N1C(Cc2ccccc2)=CNC1CCNCCc1nc2c(NCc3ncccc3F)nccc2o1. The third-order valence-electron chi connectivity index (χ3n) is 6.67. The molecular formula is C28H33FN8O3S. The summed E-state index contributed by atoms with van der Waals surface area (Å²) < 4.78 is 48.9. The highest BCUT2D eigenvalue weighted by Gasteiger charge is 2.36. The van der Waals surface area contributed by atoms with Crippen LogP contribution in [-0.4, -0.2) is 65.3 Å². The molecule has 3 N–H and O–H groups in total. The maximum absolute atomic E-state index is 13.9. The van der Waals surface area contributed by atoms with Gasteiger partial charge in [-0.05, 0) is 30.7 Å². The van der Waals surface area contributed by atoms with Crippen molar-refractivity contribution in [2.24, 2.45) is 0 Å². The van der Waals surface area contributed by atoms with Crippen molar-refractivity contribution in [2.45, 2.75) is 32.0 Å². The van der Waals surface area contributed by atoms with E-state index >= 15 is 0 Å². The van der Waals surface area contributed by atoms with Crippen LogP contribution >= 0.6 is 0 Å². The van der Waals surface area contributed by atoms with E-state index in [1.807, 2.05) is 30.3 Å². The third kappa shape index (κ3) is 6.64. The van der Waals surface area contributed by atoms with E-state index in [1.165, 1.54) is 35.0 Å². The van der Waals surface area contributed by atoms with E-state index in [0.29, 0.717) is 60.9 Å². The van der Waals surface area contributed by atoms with E-state index in [-0.39, 0.29) is 12.2 Å². The van der Waals surface area contributed by atoms with Crippen molar-refractivity contribution in [3.8, 4) is 0 Å². The summed E-state index contributed by atoms with van der Waals surface area (Å²) in [5.41, 5.74) is 3.17. The normalized spacial score (nSPS) is 15.4.